The highest BCUT2D eigenvalue weighted by molar-refractivity contribution is 8.00. The first kappa shape index (κ1) is 18.1. The molecule has 9 heteroatoms. The van der Waals surface area contributed by atoms with E-state index in [2.05, 4.69) is 10.0 Å². The van der Waals surface area contributed by atoms with Gasteiger partial charge in [0, 0.05) is 24.5 Å². The van der Waals surface area contributed by atoms with E-state index in [4.69, 9.17) is 0 Å². The quantitative estimate of drug-likeness (QED) is 0.713. The van der Waals surface area contributed by atoms with Crippen molar-refractivity contribution in [3.8, 4) is 0 Å². The van der Waals surface area contributed by atoms with Crippen molar-refractivity contribution in [1.29, 1.82) is 0 Å². The molecule has 4 nitrogen and oxygen atoms in total. The summed E-state index contributed by atoms with van der Waals surface area (Å²) >= 11 is -0.0991. The second kappa shape index (κ2) is 7.90. The summed E-state index contributed by atoms with van der Waals surface area (Å²) in [5.41, 5.74) is -3.66. The summed E-state index contributed by atoms with van der Waals surface area (Å²) in [6.45, 7) is 2.36. The molecule has 0 aromatic heterocycles. The topological polar surface area (TPSA) is 58.2 Å². The van der Waals surface area contributed by atoms with Crippen LogP contribution in [0.3, 0.4) is 0 Å². The summed E-state index contributed by atoms with van der Waals surface area (Å²) in [6, 6.07) is 5.88. The number of halogens is 3. The third-order valence-electron chi connectivity index (χ3n) is 2.40. The second-order valence-electron chi connectivity index (χ2n) is 4.14. The van der Waals surface area contributed by atoms with E-state index < -0.39 is 15.5 Å². The monoisotopic (exact) mass is 342 g/mol. The molecule has 0 heterocycles. The van der Waals surface area contributed by atoms with Gasteiger partial charge in [-0.3, -0.25) is 0 Å². The normalized spacial score (nSPS) is 12.4. The molecule has 1 aromatic rings. The number of sulfonamides is 1. The molecule has 2 N–H and O–H groups in total. The minimum Gasteiger partial charge on any atom is -0.384 e. The predicted octanol–water partition coefficient (Wildman–Crippen LogP) is 3.04. The molecule has 0 unspecified atom stereocenters. The fraction of sp³-hybridized carbons (Fsp3) is 0.500. The zero-order chi connectivity index (χ0) is 15.9. The van der Waals surface area contributed by atoms with E-state index >= 15 is 0 Å². The highest BCUT2D eigenvalue weighted by atomic mass is 32.2. The number of alkyl halides is 3. The summed E-state index contributed by atoms with van der Waals surface area (Å²) in [7, 11) is -3.51. The summed E-state index contributed by atoms with van der Waals surface area (Å²) in [4.78, 5) is 0.131. The van der Waals surface area contributed by atoms with Crippen molar-refractivity contribution >= 4 is 27.5 Å². The first-order chi connectivity index (χ1) is 9.74. The molecule has 1 aromatic carbocycles. The first-order valence-electron chi connectivity index (χ1n) is 6.29. The number of rotatable bonds is 8. The van der Waals surface area contributed by atoms with Crippen LogP contribution >= 0.6 is 11.8 Å². The lowest BCUT2D eigenvalue weighted by atomic mass is 10.3. The molecule has 0 saturated carbocycles. The van der Waals surface area contributed by atoms with Crippen molar-refractivity contribution < 1.29 is 21.6 Å². The fourth-order valence-electron chi connectivity index (χ4n) is 1.43. The molecule has 1 rings (SSSR count). The highest BCUT2D eigenvalue weighted by Gasteiger charge is 2.27. The van der Waals surface area contributed by atoms with Crippen molar-refractivity contribution in [2.45, 2.75) is 23.7 Å². The van der Waals surface area contributed by atoms with Crippen LogP contribution < -0.4 is 10.0 Å². The maximum atomic E-state index is 11.9. The summed E-state index contributed by atoms with van der Waals surface area (Å²) < 4.78 is 61.8. The van der Waals surface area contributed by atoms with E-state index in [1.165, 1.54) is 24.3 Å². The predicted molar refractivity (Wildman–Crippen MR) is 78.9 cm³/mol. The van der Waals surface area contributed by atoms with Crippen LogP contribution in [0.4, 0.5) is 18.9 Å². The Morgan fingerprint density at radius 2 is 1.76 bits per heavy atom. The Bertz CT molecular complexity index is 530. The Morgan fingerprint density at radius 1 is 1.14 bits per heavy atom. The van der Waals surface area contributed by atoms with E-state index in [1.807, 2.05) is 6.92 Å². The molecule has 0 aliphatic heterocycles. The number of benzene rings is 1. The van der Waals surface area contributed by atoms with Gasteiger partial charge < -0.3 is 5.32 Å². The van der Waals surface area contributed by atoms with Crippen molar-refractivity contribution in [1.82, 2.24) is 4.72 Å². The van der Waals surface area contributed by atoms with E-state index in [-0.39, 0.29) is 29.0 Å². The van der Waals surface area contributed by atoms with Crippen LogP contribution in [0.1, 0.15) is 13.3 Å². The zero-order valence-electron chi connectivity index (χ0n) is 11.4. The average Bonchev–Trinajstić information content (AvgIpc) is 2.41. The van der Waals surface area contributed by atoms with Gasteiger partial charge in [0.25, 0.3) is 0 Å². The lowest BCUT2D eigenvalue weighted by Gasteiger charge is -2.09. The lowest BCUT2D eigenvalue weighted by Crippen LogP contribution is -2.24. The first-order valence-corrected chi connectivity index (χ1v) is 8.76. The maximum Gasteiger partial charge on any atom is 0.441 e. The number of thioether (sulfide) groups is 1. The lowest BCUT2D eigenvalue weighted by molar-refractivity contribution is -0.0327. The summed E-state index contributed by atoms with van der Waals surface area (Å²) in [5, 5.41) is 2.80. The second-order valence-corrected chi connectivity index (χ2v) is 7.07. The molecule has 0 aliphatic carbocycles. The minimum absolute atomic E-state index is 0.0991. The molecule has 0 atom stereocenters. The van der Waals surface area contributed by atoms with Crippen LogP contribution in [0, 0.1) is 0 Å². The van der Waals surface area contributed by atoms with E-state index in [1.54, 1.807) is 0 Å². The minimum atomic E-state index is -4.23. The van der Waals surface area contributed by atoms with Crippen LogP contribution in [0.15, 0.2) is 29.2 Å². The number of nitrogens with one attached hydrogen (secondary N) is 2. The van der Waals surface area contributed by atoms with Gasteiger partial charge in [-0.2, -0.15) is 13.2 Å². The average molecular weight is 342 g/mol. The Morgan fingerprint density at radius 3 is 2.29 bits per heavy atom. The summed E-state index contributed by atoms with van der Waals surface area (Å²) in [5.74, 6) is -0.110. The molecule has 0 saturated heterocycles. The number of hydrogen-bond acceptors (Lipinski definition) is 4. The smallest absolute Gasteiger partial charge is 0.384 e. The van der Waals surface area contributed by atoms with Crippen molar-refractivity contribution in [2.75, 3.05) is 24.2 Å². The number of hydrogen-bond donors (Lipinski definition) is 2. The molecule has 21 heavy (non-hydrogen) atoms. The molecule has 0 aliphatic rings. The van der Waals surface area contributed by atoms with Crippen LogP contribution in [0.25, 0.3) is 0 Å². The van der Waals surface area contributed by atoms with Crippen LogP contribution in [0.5, 0.6) is 0 Å². The van der Waals surface area contributed by atoms with Crippen molar-refractivity contribution in [3.63, 3.8) is 0 Å². The number of anilines is 1. The van der Waals surface area contributed by atoms with Crippen LogP contribution in [-0.4, -0.2) is 32.8 Å². The standard InChI is InChI=1S/C12H17F3N2O2S2/c1-2-7-17-21(18,19)11-5-3-10(4-6-11)16-8-9-20-12(13,14)15/h3-6,16-17H,2,7-9H2,1H3. The third kappa shape index (κ3) is 7.05. The zero-order valence-corrected chi connectivity index (χ0v) is 13.0. The van der Waals surface area contributed by atoms with Gasteiger partial charge in [0.2, 0.25) is 10.0 Å². The molecule has 0 spiro atoms. The molecule has 120 valence electrons. The molecule has 0 amide bonds. The van der Waals surface area contributed by atoms with Gasteiger partial charge in [-0.1, -0.05) is 6.92 Å². The van der Waals surface area contributed by atoms with Crippen molar-refractivity contribution in [2.24, 2.45) is 0 Å². The maximum absolute atomic E-state index is 11.9. The Balaban J connectivity index is 2.51. The van der Waals surface area contributed by atoms with Crippen molar-refractivity contribution in [3.05, 3.63) is 24.3 Å². The van der Waals surface area contributed by atoms with E-state index in [0.29, 0.717) is 18.7 Å². The fourth-order valence-corrected chi connectivity index (χ4v) is 3.00. The van der Waals surface area contributed by atoms with Gasteiger partial charge in [-0.15, -0.1) is 0 Å². The molecular weight excluding hydrogens is 325 g/mol. The molecule has 0 bridgehead atoms. The Kier molecular flexibility index (Phi) is 6.82. The molecule has 0 fully saturated rings. The Hall–Kier alpha value is -0.930. The van der Waals surface area contributed by atoms with E-state index in [0.717, 1.165) is 0 Å². The van der Waals surface area contributed by atoms with E-state index in [9.17, 15) is 21.6 Å². The van der Waals surface area contributed by atoms with Gasteiger partial charge in [-0.05, 0) is 42.4 Å². The van der Waals surface area contributed by atoms with Crippen LogP contribution in [0.2, 0.25) is 0 Å². The molecular formula is C12H17F3N2O2S2. The van der Waals surface area contributed by atoms with Gasteiger partial charge >= 0.3 is 5.51 Å². The molecule has 0 radical (unpaired) electrons. The largest absolute Gasteiger partial charge is 0.441 e. The van der Waals surface area contributed by atoms with Gasteiger partial charge in [0.1, 0.15) is 0 Å². The third-order valence-corrected chi connectivity index (χ3v) is 4.62. The van der Waals surface area contributed by atoms with Crippen LogP contribution in [-0.2, 0) is 10.0 Å². The summed E-state index contributed by atoms with van der Waals surface area (Å²) in [6.07, 6.45) is 0.690. The van der Waals surface area contributed by atoms with Gasteiger partial charge in [0.05, 0.1) is 4.90 Å². The Labute approximate surface area is 126 Å². The van der Waals surface area contributed by atoms with Gasteiger partial charge in [-0.25, -0.2) is 13.1 Å². The highest BCUT2D eigenvalue weighted by Crippen LogP contribution is 2.29. The SMILES string of the molecule is CCCNS(=O)(=O)c1ccc(NCCSC(F)(F)F)cc1. The van der Waals surface area contributed by atoms with Gasteiger partial charge in [0.15, 0.2) is 0 Å².